The van der Waals surface area contributed by atoms with Crippen LogP contribution in [0, 0.1) is 10.1 Å². The lowest BCUT2D eigenvalue weighted by Gasteiger charge is -2.21. The van der Waals surface area contributed by atoms with Gasteiger partial charge in [0.1, 0.15) is 0 Å². The molecule has 0 radical (unpaired) electrons. The summed E-state index contributed by atoms with van der Waals surface area (Å²) in [6.45, 7) is 1.80. The topological polar surface area (TPSA) is 101 Å². The second-order valence-electron chi connectivity index (χ2n) is 5.10. The maximum atomic E-state index is 12.3. The molecule has 7 nitrogen and oxygen atoms in total. The van der Waals surface area contributed by atoms with Crippen LogP contribution in [-0.4, -0.2) is 32.5 Å². The molecule has 21 heavy (non-hydrogen) atoms. The summed E-state index contributed by atoms with van der Waals surface area (Å²) in [6.07, 6.45) is 3.43. The van der Waals surface area contributed by atoms with Crippen molar-refractivity contribution in [2.45, 2.75) is 36.6 Å². The van der Waals surface area contributed by atoms with Crippen LogP contribution in [0.3, 0.4) is 0 Å². The van der Waals surface area contributed by atoms with E-state index in [1.54, 1.807) is 0 Å². The van der Waals surface area contributed by atoms with Gasteiger partial charge in [-0.1, -0.05) is 0 Å². The van der Waals surface area contributed by atoms with E-state index in [0.29, 0.717) is 0 Å². The van der Waals surface area contributed by atoms with Gasteiger partial charge < -0.3 is 5.32 Å². The summed E-state index contributed by atoms with van der Waals surface area (Å²) in [5.74, 6) is 0. The fourth-order valence-corrected chi connectivity index (χ4v) is 3.67. The molecule has 1 aliphatic rings. The summed E-state index contributed by atoms with van der Waals surface area (Å²) in [7, 11) is -3.62. The Balaban J connectivity index is 2.07. The van der Waals surface area contributed by atoms with E-state index in [2.05, 4.69) is 10.0 Å². The summed E-state index contributed by atoms with van der Waals surface area (Å²) in [6, 6.07) is 4.87. The first-order valence-electron chi connectivity index (χ1n) is 6.96. The van der Waals surface area contributed by atoms with E-state index in [1.165, 1.54) is 24.3 Å². The predicted molar refractivity (Wildman–Crippen MR) is 78.5 cm³/mol. The van der Waals surface area contributed by atoms with Crippen LogP contribution in [0.4, 0.5) is 5.69 Å². The molecule has 1 aliphatic heterocycles. The fraction of sp³-hybridized carbons (Fsp3) is 0.538. The lowest BCUT2D eigenvalue weighted by Crippen LogP contribution is -2.37. The Morgan fingerprint density at radius 1 is 1.14 bits per heavy atom. The highest BCUT2D eigenvalue weighted by Crippen LogP contribution is 2.17. The summed E-state index contributed by atoms with van der Waals surface area (Å²) in [4.78, 5) is 10.1. The van der Waals surface area contributed by atoms with Gasteiger partial charge in [0.2, 0.25) is 10.0 Å². The van der Waals surface area contributed by atoms with Crippen molar-refractivity contribution in [1.82, 2.24) is 10.0 Å². The molecule has 1 saturated heterocycles. The van der Waals surface area contributed by atoms with Crippen LogP contribution in [0.25, 0.3) is 0 Å². The molecule has 0 aliphatic carbocycles. The maximum Gasteiger partial charge on any atom is 0.269 e. The average Bonchev–Trinajstić information content (AvgIpc) is 2.42. The first-order valence-corrected chi connectivity index (χ1v) is 8.45. The normalized spacial score (nSPS) is 17.9. The van der Waals surface area contributed by atoms with Crippen LogP contribution in [0.1, 0.15) is 25.7 Å². The fourth-order valence-electron chi connectivity index (χ4n) is 2.37. The second-order valence-corrected chi connectivity index (χ2v) is 6.82. The van der Waals surface area contributed by atoms with Gasteiger partial charge in [-0.25, -0.2) is 13.1 Å². The molecule has 8 heteroatoms. The molecule has 1 fully saturated rings. The molecule has 0 unspecified atom stereocenters. The lowest BCUT2D eigenvalue weighted by molar-refractivity contribution is -0.384. The number of sulfonamides is 1. The van der Waals surface area contributed by atoms with Gasteiger partial charge in [0.25, 0.3) is 5.69 Å². The van der Waals surface area contributed by atoms with Gasteiger partial charge in [-0.2, -0.15) is 0 Å². The van der Waals surface area contributed by atoms with Crippen molar-refractivity contribution in [3.63, 3.8) is 0 Å². The summed E-state index contributed by atoms with van der Waals surface area (Å²) in [5.41, 5.74) is -0.119. The number of nitro groups is 1. The highest BCUT2D eigenvalue weighted by Gasteiger charge is 2.21. The van der Waals surface area contributed by atoms with Gasteiger partial charge in [-0.15, -0.1) is 0 Å². The van der Waals surface area contributed by atoms with Crippen LogP contribution in [0.5, 0.6) is 0 Å². The number of nitro benzene ring substituents is 1. The van der Waals surface area contributed by atoms with Gasteiger partial charge in [0.15, 0.2) is 0 Å². The Kier molecular flexibility index (Phi) is 5.27. The Hall–Kier alpha value is -1.51. The van der Waals surface area contributed by atoms with Crippen molar-refractivity contribution in [3.8, 4) is 0 Å². The molecule has 1 aromatic carbocycles. The summed E-state index contributed by atoms with van der Waals surface area (Å²) >= 11 is 0. The number of nitrogens with one attached hydrogen (secondary N) is 2. The molecule has 0 saturated carbocycles. The van der Waals surface area contributed by atoms with E-state index in [-0.39, 0.29) is 16.6 Å². The molecule has 116 valence electrons. The maximum absolute atomic E-state index is 12.3. The van der Waals surface area contributed by atoms with Crippen LogP contribution < -0.4 is 10.0 Å². The summed E-state index contributed by atoms with van der Waals surface area (Å²) < 4.78 is 27.3. The zero-order valence-corrected chi connectivity index (χ0v) is 12.4. The van der Waals surface area contributed by atoms with Crippen LogP contribution in [0.2, 0.25) is 0 Å². The van der Waals surface area contributed by atoms with Gasteiger partial charge in [0, 0.05) is 18.2 Å². The van der Waals surface area contributed by atoms with Crippen molar-refractivity contribution in [2.24, 2.45) is 0 Å². The molecule has 0 amide bonds. The minimum absolute atomic E-state index is 0.0632. The average molecular weight is 313 g/mol. The number of hydrogen-bond donors (Lipinski definition) is 2. The van der Waals surface area contributed by atoms with E-state index in [1.807, 2.05) is 0 Å². The molecule has 2 N–H and O–H groups in total. The van der Waals surface area contributed by atoms with Crippen molar-refractivity contribution in [2.75, 3.05) is 13.1 Å². The Bertz CT molecular complexity index is 578. The summed E-state index contributed by atoms with van der Waals surface area (Å²) in [5, 5.41) is 13.9. The Labute approximate surface area is 123 Å². The van der Waals surface area contributed by atoms with Crippen LogP contribution >= 0.6 is 0 Å². The number of rotatable bonds is 4. The molecule has 0 atom stereocenters. The minimum atomic E-state index is -3.62. The van der Waals surface area contributed by atoms with E-state index < -0.39 is 14.9 Å². The molecule has 0 bridgehead atoms. The smallest absolute Gasteiger partial charge is 0.269 e. The molecular formula is C13H19N3O4S. The van der Waals surface area contributed by atoms with Gasteiger partial charge >= 0.3 is 0 Å². The largest absolute Gasteiger partial charge is 0.317 e. The quantitative estimate of drug-likeness (QED) is 0.646. The van der Waals surface area contributed by atoms with Crippen molar-refractivity contribution in [1.29, 1.82) is 0 Å². The van der Waals surface area contributed by atoms with E-state index in [4.69, 9.17) is 0 Å². The number of hydrogen-bond acceptors (Lipinski definition) is 5. The molecule has 1 heterocycles. The van der Waals surface area contributed by atoms with Crippen LogP contribution in [-0.2, 0) is 10.0 Å². The third-order valence-corrected chi connectivity index (χ3v) is 5.03. The Morgan fingerprint density at radius 3 is 2.24 bits per heavy atom. The number of benzene rings is 1. The van der Waals surface area contributed by atoms with Crippen molar-refractivity contribution >= 4 is 15.7 Å². The molecule has 2 rings (SSSR count). The van der Waals surface area contributed by atoms with Gasteiger partial charge in [-0.05, 0) is 50.9 Å². The van der Waals surface area contributed by atoms with Gasteiger partial charge in [-0.3, -0.25) is 10.1 Å². The molecule has 1 aromatic rings. The SMILES string of the molecule is O=[N+]([O-])c1ccc(S(=O)(=O)NC2CCCNCCC2)cc1. The van der Waals surface area contributed by atoms with Crippen LogP contribution in [0.15, 0.2) is 29.2 Å². The lowest BCUT2D eigenvalue weighted by atomic mass is 10.1. The second kappa shape index (κ2) is 6.97. The highest BCUT2D eigenvalue weighted by molar-refractivity contribution is 7.89. The zero-order chi connectivity index (χ0) is 15.3. The number of non-ortho nitro benzene ring substituents is 1. The standard InChI is InChI=1S/C13H19N3O4S/c17-16(18)12-5-7-13(8-6-12)21(19,20)15-11-3-1-9-14-10-2-4-11/h5-8,11,14-15H,1-4,9-10H2. The van der Waals surface area contributed by atoms with E-state index >= 15 is 0 Å². The molecule has 0 aromatic heterocycles. The van der Waals surface area contributed by atoms with E-state index in [0.717, 1.165) is 38.8 Å². The third-order valence-electron chi connectivity index (χ3n) is 3.49. The van der Waals surface area contributed by atoms with E-state index in [9.17, 15) is 18.5 Å². The first-order chi connectivity index (χ1) is 9.99. The molecule has 0 spiro atoms. The Morgan fingerprint density at radius 2 is 1.71 bits per heavy atom. The van der Waals surface area contributed by atoms with Crippen molar-refractivity contribution < 1.29 is 13.3 Å². The third kappa shape index (κ3) is 4.48. The zero-order valence-electron chi connectivity index (χ0n) is 11.6. The van der Waals surface area contributed by atoms with Crippen molar-refractivity contribution in [3.05, 3.63) is 34.4 Å². The predicted octanol–water partition coefficient (Wildman–Crippen LogP) is 1.41. The first kappa shape index (κ1) is 15.9. The number of nitrogens with zero attached hydrogens (tertiary/aromatic N) is 1. The molecular weight excluding hydrogens is 294 g/mol. The van der Waals surface area contributed by atoms with Gasteiger partial charge in [0.05, 0.1) is 9.82 Å². The highest BCUT2D eigenvalue weighted by atomic mass is 32.2. The monoisotopic (exact) mass is 313 g/mol. The minimum Gasteiger partial charge on any atom is -0.317 e.